The number of thiophene rings is 1. The molecule has 2 aromatic rings. The molecular formula is C17H19Cl2NS. The standard InChI is InChI=1S/C17H19Cl2NS/c1-2-10-20-15(13-11-14(18)21-16(13)19)17(8-9-17)12-6-4-3-5-7-12/h3-7,11,15,20H,2,8-10H2,1H3. The molecule has 0 bridgehead atoms. The first kappa shape index (κ1) is 15.4. The van der Waals surface area contributed by atoms with Gasteiger partial charge >= 0.3 is 0 Å². The molecule has 1 heterocycles. The second-order valence-corrected chi connectivity index (χ2v) is 7.97. The van der Waals surface area contributed by atoms with E-state index in [0.717, 1.165) is 27.2 Å². The van der Waals surface area contributed by atoms with Gasteiger partial charge in [-0.05, 0) is 37.4 Å². The summed E-state index contributed by atoms with van der Waals surface area (Å²) in [5.41, 5.74) is 2.73. The Morgan fingerprint density at radius 1 is 1.24 bits per heavy atom. The first-order valence-electron chi connectivity index (χ1n) is 7.41. The van der Waals surface area contributed by atoms with Crippen molar-refractivity contribution in [1.29, 1.82) is 0 Å². The largest absolute Gasteiger partial charge is 0.309 e. The average molecular weight is 340 g/mol. The molecular weight excluding hydrogens is 321 g/mol. The van der Waals surface area contributed by atoms with Gasteiger partial charge in [0, 0.05) is 17.0 Å². The summed E-state index contributed by atoms with van der Waals surface area (Å²) in [7, 11) is 0. The number of nitrogens with one attached hydrogen (secondary N) is 1. The molecule has 1 nitrogen and oxygen atoms in total. The van der Waals surface area contributed by atoms with E-state index in [9.17, 15) is 0 Å². The number of hydrogen-bond acceptors (Lipinski definition) is 2. The van der Waals surface area contributed by atoms with Crippen molar-refractivity contribution in [1.82, 2.24) is 5.32 Å². The normalized spacial score (nSPS) is 17.7. The number of halogens is 2. The van der Waals surface area contributed by atoms with Crippen molar-refractivity contribution in [2.75, 3.05) is 6.54 Å². The van der Waals surface area contributed by atoms with Gasteiger partial charge in [-0.2, -0.15) is 0 Å². The molecule has 0 aliphatic heterocycles. The Bertz CT molecular complexity index is 605. The highest BCUT2D eigenvalue weighted by molar-refractivity contribution is 7.20. The summed E-state index contributed by atoms with van der Waals surface area (Å²) in [5, 5.41) is 3.70. The van der Waals surface area contributed by atoms with E-state index in [1.54, 1.807) is 0 Å². The lowest BCUT2D eigenvalue weighted by molar-refractivity contribution is 0.430. The van der Waals surface area contributed by atoms with Crippen LogP contribution >= 0.6 is 34.5 Å². The van der Waals surface area contributed by atoms with Crippen molar-refractivity contribution in [2.24, 2.45) is 0 Å². The Balaban J connectivity index is 1.98. The molecule has 21 heavy (non-hydrogen) atoms. The molecule has 0 saturated heterocycles. The second-order valence-electron chi connectivity index (χ2n) is 5.69. The van der Waals surface area contributed by atoms with Crippen LogP contribution in [-0.4, -0.2) is 6.54 Å². The minimum Gasteiger partial charge on any atom is -0.309 e. The molecule has 1 atom stereocenters. The van der Waals surface area contributed by atoms with Gasteiger partial charge in [-0.25, -0.2) is 0 Å². The molecule has 1 aliphatic rings. The SMILES string of the molecule is CCCNC(c1cc(Cl)sc1Cl)C1(c2ccccc2)CC1. The first-order valence-corrected chi connectivity index (χ1v) is 8.98. The van der Waals surface area contributed by atoms with Gasteiger partial charge in [0.15, 0.2) is 0 Å². The molecule has 1 fully saturated rings. The Morgan fingerprint density at radius 2 is 1.95 bits per heavy atom. The molecule has 1 aromatic heterocycles. The predicted molar refractivity (Wildman–Crippen MR) is 92.7 cm³/mol. The van der Waals surface area contributed by atoms with Crippen LogP contribution in [0.1, 0.15) is 43.4 Å². The van der Waals surface area contributed by atoms with Crippen molar-refractivity contribution in [3.8, 4) is 0 Å². The Morgan fingerprint density at radius 3 is 2.48 bits per heavy atom. The Hall–Kier alpha value is -0.540. The zero-order valence-corrected chi connectivity index (χ0v) is 14.4. The highest BCUT2D eigenvalue weighted by atomic mass is 35.5. The summed E-state index contributed by atoms with van der Waals surface area (Å²) in [6.45, 7) is 3.18. The van der Waals surface area contributed by atoms with Crippen LogP contribution in [0.25, 0.3) is 0 Å². The van der Waals surface area contributed by atoms with Crippen LogP contribution in [-0.2, 0) is 5.41 Å². The van der Waals surface area contributed by atoms with Gasteiger partial charge in [0.2, 0.25) is 0 Å². The molecule has 0 spiro atoms. The summed E-state index contributed by atoms with van der Waals surface area (Å²) in [4.78, 5) is 0. The molecule has 1 N–H and O–H groups in total. The Kier molecular flexibility index (Phi) is 4.60. The maximum Gasteiger partial charge on any atom is 0.0992 e. The van der Waals surface area contributed by atoms with Gasteiger partial charge in [0.05, 0.1) is 8.67 Å². The average Bonchev–Trinajstić information content (AvgIpc) is 3.22. The lowest BCUT2D eigenvalue weighted by Gasteiger charge is -2.28. The zero-order chi connectivity index (χ0) is 14.9. The lowest BCUT2D eigenvalue weighted by Crippen LogP contribution is -2.32. The van der Waals surface area contributed by atoms with E-state index >= 15 is 0 Å². The third-order valence-electron chi connectivity index (χ3n) is 4.28. The van der Waals surface area contributed by atoms with Crippen LogP contribution in [0, 0.1) is 0 Å². The minimum atomic E-state index is 0.171. The number of rotatable bonds is 6. The molecule has 3 rings (SSSR count). The van der Waals surface area contributed by atoms with Gasteiger partial charge in [-0.3, -0.25) is 0 Å². The summed E-state index contributed by atoms with van der Waals surface area (Å²) < 4.78 is 1.58. The zero-order valence-electron chi connectivity index (χ0n) is 12.0. The second kappa shape index (κ2) is 6.29. The quantitative estimate of drug-likeness (QED) is 0.698. The van der Waals surface area contributed by atoms with Gasteiger partial charge < -0.3 is 5.32 Å². The molecule has 1 aliphatic carbocycles. The molecule has 1 saturated carbocycles. The van der Waals surface area contributed by atoms with Gasteiger partial charge in [0.1, 0.15) is 0 Å². The Labute approximate surface area is 140 Å². The molecule has 1 aromatic carbocycles. The van der Waals surface area contributed by atoms with E-state index < -0.39 is 0 Å². The van der Waals surface area contributed by atoms with Crippen LogP contribution in [0.4, 0.5) is 0 Å². The van der Waals surface area contributed by atoms with E-state index in [1.807, 2.05) is 6.07 Å². The van der Waals surface area contributed by atoms with Gasteiger partial charge in [-0.15, -0.1) is 11.3 Å². The summed E-state index contributed by atoms with van der Waals surface area (Å²) in [6.07, 6.45) is 3.50. The maximum absolute atomic E-state index is 6.43. The fourth-order valence-corrected chi connectivity index (χ4v) is 4.62. The van der Waals surface area contributed by atoms with Crippen molar-refractivity contribution >= 4 is 34.5 Å². The summed E-state index contributed by atoms with van der Waals surface area (Å²) in [6, 6.07) is 13.1. The molecule has 0 radical (unpaired) electrons. The van der Waals surface area contributed by atoms with Crippen molar-refractivity contribution in [2.45, 2.75) is 37.6 Å². The van der Waals surface area contributed by atoms with E-state index in [1.165, 1.54) is 29.7 Å². The van der Waals surface area contributed by atoms with Gasteiger partial charge in [0.25, 0.3) is 0 Å². The van der Waals surface area contributed by atoms with E-state index in [4.69, 9.17) is 23.2 Å². The van der Waals surface area contributed by atoms with Crippen LogP contribution in [0.3, 0.4) is 0 Å². The van der Waals surface area contributed by atoms with E-state index in [-0.39, 0.29) is 11.5 Å². The highest BCUT2D eigenvalue weighted by Crippen LogP contribution is 2.58. The first-order chi connectivity index (χ1) is 10.2. The van der Waals surface area contributed by atoms with Crippen LogP contribution < -0.4 is 5.32 Å². The fraction of sp³-hybridized carbons (Fsp3) is 0.412. The fourth-order valence-electron chi connectivity index (χ4n) is 3.09. The van der Waals surface area contributed by atoms with Gasteiger partial charge in [-0.1, -0.05) is 60.5 Å². The summed E-state index contributed by atoms with van der Waals surface area (Å²) in [5.74, 6) is 0. The van der Waals surface area contributed by atoms with Crippen LogP contribution in [0.2, 0.25) is 8.67 Å². The lowest BCUT2D eigenvalue weighted by atomic mass is 9.84. The topological polar surface area (TPSA) is 12.0 Å². The maximum atomic E-state index is 6.43. The van der Waals surface area contributed by atoms with Crippen molar-refractivity contribution < 1.29 is 0 Å². The monoisotopic (exact) mass is 339 g/mol. The van der Waals surface area contributed by atoms with Crippen molar-refractivity contribution in [3.63, 3.8) is 0 Å². The third-order valence-corrected chi connectivity index (χ3v) is 5.80. The number of hydrogen-bond donors (Lipinski definition) is 1. The van der Waals surface area contributed by atoms with E-state index in [2.05, 4.69) is 42.6 Å². The van der Waals surface area contributed by atoms with Crippen molar-refractivity contribution in [3.05, 3.63) is 56.2 Å². The van der Waals surface area contributed by atoms with E-state index in [0.29, 0.717) is 0 Å². The minimum absolute atomic E-state index is 0.171. The molecule has 4 heteroatoms. The summed E-state index contributed by atoms with van der Waals surface area (Å²) >= 11 is 14.1. The number of benzene rings is 1. The molecule has 1 unspecified atom stereocenters. The highest BCUT2D eigenvalue weighted by Gasteiger charge is 2.51. The molecule has 0 amide bonds. The van der Waals surface area contributed by atoms with Crippen LogP contribution in [0.5, 0.6) is 0 Å². The van der Waals surface area contributed by atoms with Crippen LogP contribution in [0.15, 0.2) is 36.4 Å². The third kappa shape index (κ3) is 3.00. The molecule has 112 valence electrons. The smallest absolute Gasteiger partial charge is 0.0992 e. The predicted octanol–water partition coefficient (Wildman–Crippen LogP) is 5.83.